The highest BCUT2D eigenvalue weighted by Crippen LogP contribution is 2.29. The quantitative estimate of drug-likeness (QED) is 0.0674. The van der Waals surface area contributed by atoms with Crippen LogP contribution in [0.2, 0.25) is 0 Å². The summed E-state index contributed by atoms with van der Waals surface area (Å²) in [4.78, 5) is 67.7. The van der Waals surface area contributed by atoms with E-state index in [2.05, 4.69) is 20.6 Å². The molecule has 0 fully saturated rings. The van der Waals surface area contributed by atoms with Gasteiger partial charge in [-0.3, -0.25) is 19.4 Å². The molecule has 0 radical (unpaired) electrons. The Morgan fingerprint density at radius 2 is 0.946 bits per heavy atom. The fraction of sp³-hybridized carbons (Fsp3) is 0.450. The minimum atomic E-state index is -1.20. The lowest BCUT2D eigenvalue weighted by molar-refractivity contribution is -0.128. The van der Waals surface area contributed by atoms with Gasteiger partial charge in [0.25, 0.3) is 0 Å². The van der Waals surface area contributed by atoms with Crippen molar-refractivity contribution in [2.45, 2.75) is 64.7 Å². The summed E-state index contributed by atoms with van der Waals surface area (Å²) in [6, 6.07) is 13.1. The van der Waals surface area contributed by atoms with Gasteiger partial charge >= 0.3 is 12.2 Å². The second-order valence-electron chi connectivity index (χ2n) is 14.3. The molecule has 4 atom stereocenters. The van der Waals surface area contributed by atoms with Crippen LogP contribution in [0.15, 0.2) is 60.9 Å². The van der Waals surface area contributed by atoms with Crippen LogP contribution in [0, 0.1) is 11.8 Å². The number of nitrogens with zero attached hydrogens (tertiary/aromatic N) is 4. The van der Waals surface area contributed by atoms with Gasteiger partial charge in [-0.1, -0.05) is 76.2 Å². The maximum absolute atomic E-state index is 13.3. The van der Waals surface area contributed by atoms with Crippen LogP contribution in [0.25, 0.3) is 33.6 Å². The van der Waals surface area contributed by atoms with Crippen LogP contribution in [0.3, 0.4) is 0 Å². The number of amides is 4. The van der Waals surface area contributed by atoms with E-state index in [1.165, 1.54) is 28.3 Å². The minimum absolute atomic E-state index is 0.0382. The van der Waals surface area contributed by atoms with E-state index in [1.807, 2.05) is 76.2 Å². The average molecular weight is 775 g/mol. The standard InChI is InChI=1S/C40H54N8O8/c1-23(2)33(45-37(49)31(17-19-55-7)47(5)39(51)52)35-41-21-29(43-35)27-13-9-25(10-14-27)26-11-15-28(16-12-26)30-22-42-36(44-30)34(24(3)4)46-38(50)32(18-20-56-8)48(6)40(53)54/h9-16,21-24,31-34H,17-20H2,1-8H3,(H,41,43)(H,42,44)(H,45,49)(H,46,50)(H,51,52)(H,53,54)/t31-,32-,33+,34+/m0/s1. The van der Waals surface area contributed by atoms with Crippen LogP contribution in [-0.4, -0.2) is 118 Å². The average Bonchev–Trinajstić information content (AvgIpc) is 3.87. The first-order valence-electron chi connectivity index (χ1n) is 18.5. The number of H-pyrrole nitrogens is 2. The second kappa shape index (κ2) is 19.7. The first kappa shape index (κ1) is 43.0. The zero-order valence-electron chi connectivity index (χ0n) is 33.2. The third-order valence-electron chi connectivity index (χ3n) is 9.74. The first-order valence-corrected chi connectivity index (χ1v) is 18.5. The van der Waals surface area contributed by atoms with Gasteiger partial charge in [0.05, 0.1) is 23.5 Å². The fourth-order valence-corrected chi connectivity index (χ4v) is 6.28. The number of carbonyl (C=O) groups is 4. The summed E-state index contributed by atoms with van der Waals surface area (Å²) in [6.07, 6.45) is 1.60. The van der Waals surface area contributed by atoms with E-state index >= 15 is 0 Å². The Balaban J connectivity index is 1.45. The molecule has 0 bridgehead atoms. The molecule has 4 rings (SSSR count). The van der Waals surface area contributed by atoms with Gasteiger partial charge in [-0.25, -0.2) is 19.6 Å². The molecule has 0 aliphatic heterocycles. The van der Waals surface area contributed by atoms with Gasteiger partial charge < -0.3 is 40.3 Å². The van der Waals surface area contributed by atoms with Crippen molar-refractivity contribution >= 4 is 24.0 Å². The molecule has 6 N–H and O–H groups in total. The van der Waals surface area contributed by atoms with E-state index in [0.717, 1.165) is 32.1 Å². The van der Waals surface area contributed by atoms with Crippen molar-refractivity contribution in [3.8, 4) is 33.6 Å². The lowest BCUT2D eigenvalue weighted by atomic mass is 10.0. The Kier molecular flexibility index (Phi) is 15.1. The van der Waals surface area contributed by atoms with Crippen molar-refractivity contribution in [3.05, 3.63) is 72.6 Å². The van der Waals surface area contributed by atoms with E-state index < -0.39 is 48.2 Å². The fourth-order valence-electron chi connectivity index (χ4n) is 6.28. The van der Waals surface area contributed by atoms with Crippen molar-refractivity contribution < 1.29 is 38.9 Å². The SMILES string of the molecule is COCC[C@@H](C(=O)N[C@@H](c1nc(-c2ccc(-c3ccc(-c4c[nH]c([C@H](NC(=O)[C@H](CCOC)N(C)C(=O)O)C(C)C)n4)cc3)cc2)c[nH]1)C(C)C)N(C)C(=O)O. The van der Waals surface area contributed by atoms with E-state index in [1.54, 1.807) is 12.4 Å². The topological polar surface area (TPSA) is 215 Å². The lowest BCUT2D eigenvalue weighted by Gasteiger charge is -2.28. The van der Waals surface area contributed by atoms with Crippen molar-refractivity contribution in [1.82, 2.24) is 40.4 Å². The number of hydrogen-bond donors (Lipinski definition) is 6. The van der Waals surface area contributed by atoms with Crippen LogP contribution < -0.4 is 10.6 Å². The molecule has 2 aromatic carbocycles. The summed E-state index contributed by atoms with van der Waals surface area (Å²) in [5, 5.41) is 25.0. The van der Waals surface area contributed by atoms with Crippen LogP contribution in [-0.2, 0) is 19.1 Å². The van der Waals surface area contributed by atoms with Crippen molar-refractivity contribution in [3.63, 3.8) is 0 Å². The third-order valence-corrected chi connectivity index (χ3v) is 9.74. The maximum atomic E-state index is 13.3. The molecule has 56 heavy (non-hydrogen) atoms. The molecule has 2 aromatic heterocycles. The molecule has 16 nitrogen and oxygen atoms in total. The zero-order valence-corrected chi connectivity index (χ0v) is 33.2. The van der Waals surface area contributed by atoms with Crippen LogP contribution in [0.1, 0.15) is 64.3 Å². The van der Waals surface area contributed by atoms with E-state index in [4.69, 9.17) is 19.4 Å². The second-order valence-corrected chi connectivity index (χ2v) is 14.3. The highest BCUT2D eigenvalue weighted by atomic mass is 16.5. The number of aromatic amines is 2. The molecule has 0 spiro atoms. The number of nitrogens with one attached hydrogen (secondary N) is 4. The van der Waals surface area contributed by atoms with Gasteiger partial charge in [0.15, 0.2) is 0 Å². The number of likely N-dealkylation sites (N-methyl/N-ethyl adjacent to an activating group) is 2. The van der Waals surface area contributed by atoms with Crippen molar-refractivity contribution in [1.29, 1.82) is 0 Å². The minimum Gasteiger partial charge on any atom is -0.465 e. The highest BCUT2D eigenvalue weighted by Gasteiger charge is 2.32. The van der Waals surface area contributed by atoms with Crippen LogP contribution >= 0.6 is 0 Å². The monoisotopic (exact) mass is 774 g/mol. The zero-order chi connectivity index (χ0) is 41.1. The normalized spacial score (nSPS) is 13.5. The summed E-state index contributed by atoms with van der Waals surface area (Å²) < 4.78 is 10.2. The summed E-state index contributed by atoms with van der Waals surface area (Å²) in [6.45, 7) is 8.28. The summed E-state index contributed by atoms with van der Waals surface area (Å²) in [5.74, 6) is 0.197. The molecule has 0 saturated carbocycles. The van der Waals surface area contributed by atoms with Crippen LogP contribution in [0.4, 0.5) is 9.59 Å². The van der Waals surface area contributed by atoms with Gasteiger partial charge in [-0.15, -0.1) is 0 Å². The number of rotatable bonds is 19. The largest absolute Gasteiger partial charge is 0.465 e. The predicted octanol–water partition coefficient (Wildman–Crippen LogP) is 5.79. The Hall–Kier alpha value is -5.74. The van der Waals surface area contributed by atoms with Crippen LogP contribution in [0.5, 0.6) is 0 Å². The molecule has 16 heteroatoms. The third kappa shape index (κ3) is 10.7. The Morgan fingerprint density at radius 3 is 1.23 bits per heavy atom. The molecule has 0 saturated heterocycles. The molecule has 0 aliphatic carbocycles. The molecule has 4 amide bonds. The highest BCUT2D eigenvalue weighted by molar-refractivity contribution is 5.86. The van der Waals surface area contributed by atoms with Crippen molar-refractivity contribution in [2.75, 3.05) is 41.5 Å². The smallest absolute Gasteiger partial charge is 0.407 e. The number of carbonyl (C=O) groups excluding carboxylic acids is 2. The predicted molar refractivity (Wildman–Crippen MR) is 211 cm³/mol. The van der Waals surface area contributed by atoms with E-state index in [-0.39, 0.29) is 37.9 Å². The van der Waals surface area contributed by atoms with Gasteiger partial charge in [-0.2, -0.15) is 0 Å². The number of methoxy groups -OCH3 is 2. The number of carboxylic acid groups (broad SMARTS) is 2. The molecule has 302 valence electrons. The number of ether oxygens (including phenoxy) is 2. The van der Waals surface area contributed by atoms with Gasteiger partial charge in [-0.05, 0) is 23.0 Å². The molecular formula is C40H54N8O8. The molecule has 0 unspecified atom stereocenters. The molecule has 0 aliphatic rings. The summed E-state index contributed by atoms with van der Waals surface area (Å²) in [5.41, 5.74) is 5.14. The Bertz CT molecular complexity index is 1770. The number of imidazole rings is 2. The van der Waals surface area contributed by atoms with Gasteiger partial charge in [0.1, 0.15) is 23.7 Å². The lowest BCUT2D eigenvalue weighted by Crippen LogP contribution is -2.49. The molecule has 2 heterocycles. The Morgan fingerprint density at radius 1 is 0.625 bits per heavy atom. The van der Waals surface area contributed by atoms with E-state index in [0.29, 0.717) is 23.0 Å². The van der Waals surface area contributed by atoms with Crippen molar-refractivity contribution in [2.24, 2.45) is 11.8 Å². The maximum Gasteiger partial charge on any atom is 0.407 e. The molecular weight excluding hydrogens is 720 g/mol. The molecule has 4 aromatic rings. The Labute approximate surface area is 327 Å². The van der Waals surface area contributed by atoms with E-state index in [9.17, 15) is 29.4 Å². The first-order chi connectivity index (χ1) is 26.7. The van der Waals surface area contributed by atoms with Gasteiger partial charge in [0, 0.05) is 77.9 Å². The summed E-state index contributed by atoms with van der Waals surface area (Å²) in [7, 11) is 5.74. The number of hydrogen-bond acceptors (Lipinski definition) is 8. The van der Waals surface area contributed by atoms with Gasteiger partial charge in [0.2, 0.25) is 11.8 Å². The number of aromatic nitrogens is 4. The summed E-state index contributed by atoms with van der Waals surface area (Å²) >= 11 is 0. The number of benzene rings is 2.